The molecule has 324 valence electrons. The molecule has 6 heterocycles. The zero-order valence-corrected chi connectivity index (χ0v) is 34.2. The molecular weight excluding hydrogens is 788 g/mol. The third-order valence-electron chi connectivity index (χ3n) is 11.9. The second kappa shape index (κ2) is 18.0. The van der Waals surface area contributed by atoms with E-state index in [0.29, 0.717) is 42.1 Å². The number of alkyl halides is 1. The summed E-state index contributed by atoms with van der Waals surface area (Å²) in [6.45, 7) is 0.522. The highest BCUT2D eigenvalue weighted by atomic mass is 19.1. The number of rotatable bonds is 16. The van der Waals surface area contributed by atoms with E-state index in [1.165, 1.54) is 21.5 Å². The number of imidazole rings is 1. The van der Waals surface area contributed by atoms with Crippen molar-refractivity contribution >= 4 is 34.7 Å². The number of aromatic nitrogens is 5. The molecule has 0 bridgehead atoms. The minimum atomic E-state index is -1.06. The van der Waals surface area contributed by atoms with Gasteiger partial charge in [-0.15, -0.1) is 5.10 Å². The molecule has 18 nitrogen and oxygen atoms in total. The Hall–Kier alpha value is -5.89. The first-order valence-electron chi connectivity index (χ1n) is 21.0. The SMILES string of the molecule is CNc1cc(Nc2cccn(-c3ccc(C(=O)NCCCCCCCC4CC=CC5=C4N(C)C(O)N5C4CCC(O)NC4O)cn3)c2=O)nn2c(C(=O)N[C@@H]3CC3F)cnc12. The highest BCUT2D eigenvalue weighted by Crippen LogP contribution is 2.42. The molecule has 4 aromatic rings. The summed E-state index contributed by atoms with van der Waals surface area (Å²) in [5.74, 6) is 0.0846. The Bertz CT molecular complexity index is 2370. The number of unbranched alkanes of at least 4 members (excludes halogenated alkanes) is 4. The first-order valence-corrected chi connectivity index (χ1v) is 21.0. The summed E-state index contributed by atoms with van der Waals surface area (Å²) in [5, 5.41) is 50.6. The molecule has 0 aromatic carbocycles. The quantitative estimate of drug-likeness (QED) is 0.0760. The average molecular weight is 841 g/mol. The van der Waals surface area contributed by atoms with E-state index < -0.39 is 42.5 Å². The first kappa shape index (κ1) is 41.8. The van der Waals surface area contributed by atoms with Crippen LogP contribution >= 0.6 is 0 Å². The van der Waals surface area contributed by atoms with Crippen LogP contribution in [0.2, 0.25) is 0 Å². The summed E-state index contributed by atoms with van der Waals surface area (Å²) in [5.41, 5.74) is 3.23. The van der Waals surface area contributed by atoms with Crippen molar-refractivity contribution in [2.45, 2.75) is 101 Å². The van der Waals surface area contributed by atoms with Crippen molar-refractivity contribution in [2.24, 2.45) is 5.92 Å². The number of amides is 2. The molecule has 2 aliphatic carbocycles. The van der Waals surface area contributed by atoms with E-state index in [2.05, 4.69) is 47.7 Å². The Morgan fingerprint density at radius 2 is 1.80 bits per heavy atom. The van der Waals surface area contributed by atoms with Crippen molar-refractivity contribution < 1.29 is 29.3 Å². The lowest BCUT2D eigenvalue weighted by atomic mass is 9.89. The third kappa shape index (κ3) is 8.81. The fourth-order valence-electron chi connectivity index (χ4n) is 8.49. The van der Waals surface area contributed by atoms with E-state index in [9.17, 15) is 34.1 Å². The Balaban J connectivity index is 0.796. The number of hydrogen-bond acceptors (Lipinski definition) is 14. The van der Waals surface area contributed by atoms with Gasteiger partial charge in [-0.05, 0) is 62.4 Å². The van der Waals surface area contributed by atoms with Crippen molar-refractivity contribution in [3.63, 3.8) is 0 Å². The monoisotopic (exact) mass is 840 g/mol. The van der Waals surface area contributed by atoms with Gasteiger partial charge in [0.1, 0.15) is 30.1 Å². The number of anilines is 3. The van der Waals surface area contributed by atoms with Gasteiger partial charge in [0.05, 0.1) is 35.2 Å². The highest BCUT2D eigenvalue weighted by molar-refractivity contribution is 5.94. The zero-order chi connectivity index (χ0) is 42.8. The molecule has 1 saturated heterocycles. The van der Waals surface area contributed by atoms with Crippen LogP contribution in [0.5, 0.6) is 0 Å². The molecule has 61 heavy (non-hydrogen) atoms. The van der Waals surface area contributed by atoms with Crippen molar-refractivity contribution in [1.29, 1.82) is 0 Å². The smallest absolute Gasteiger partial charge is 0.279 e. The minimum Gasteiger partial charge on any atom is -0.385 e. The van der Waals surface area contributed by atoms with Gasteiger partial charge in [0.25, 0.3) is 17.4 Å². The van der Waals surface area contributed by atoms with Gasteiger partial charge >= 0.3 is 0 Å². The molecule has 2 fully saturated rings. The lowest BCUT2D eigenvalue weighted by Crippen LogP contribution is -2.58. The maximum Gasteiger partial charge on any atom is 0.279 e. The topological polar surface area (TPSA) is 227 Å². The van der Waals surface area contributed by atoms with Gasteiger partial charge in [-0.3, -0.25) is 24.3 Å². The molecule has 2 aliphatic heterocycles. The summed E-state index contributed by atoms with van der Waals surface area (Å²) < 4.78 is 16.1. The van der Waals surface area contributed by atoms with E-state index in [0.717, 1.165) is 56.3 Å². The van der Waals surface area contributed by atoms with Gasteiger partial charge in [0, 0.05) is 57.1 Å². The predicted octanol–water partition coefficient (Wildman–Crippen LogP) is 2.67. The lowest BCUT2D eigenvalue weighted by Gasteiger charge is -2.41. The van der Waals surface area contributed by atoms with E-state index in [4.69, 9.17) is 0 Å². The lowest BCUT2D eigenvalue weighted by molar-refractivity contribution is -0.117. The molecule has 7 atom stereocenters. The number of nitrogens with zero attached hydrogens (tertiary/aromatic N) is 7. The molecule has 1 saturated carbocycles. The predicted molar refractivity (Wildman–Crippen MR) is 225 cm³/mol. The van der Waals surface area contributed by atoms with Crippen LogP contribution in [0, 0.1) is 5.92 Å². The Kier molecular flexibility index (Phi) is 12.3. The largest absolute Gasteiger partial charge is 0.385 e. The second-order valence-corrected chi connectivity index (χ2v) is 16.1. The number of aliphatic hydroxyl groups excluding tert-OH is 3. The van der Waals surface area contributed by atoms with Gasteiger partial charge in [-0.2, -0.15) is 0 Å². The number of carbonyl (C=O) groups is 2. The molecule has 8 rings (SSSR count). The van der Waals surface area contributed by atoms with Gasteiger partial charge < -0.3 is 46.4 Å². The number of pyridine rings is 2. The molecular formula is C42H53FN12O6. The third-order valence-corrected chi connectivity index (χ3v) is 11.9. The van der Waals surface area contributed by atoms with Gasteiger partial charge in [0.2, 0.25) is 6.35 Å². The van der Waals surface area contributed by atoms with Crippen LogP contribution in [-0.2, 0) is 0 Å². The average Bonchev–Trinajstić information content (AvgIpc) is 3.66. The van der Waals surface area contributed by atoms with Crippen molar-refractivity contribution in [2.75, 3.05) is 31.3 Å². The van der Waals surface area contributed by atoms with Gasteiger partial charge in [-0.25, -0.2) is 18.9 Å². The maximum absolute atomic E-state index is 13.6. The van der Waals surface area contributed by atoms with Crippen LogP contribution in [0.15, 0.2) is 77.3 Å². The number of piperidine rings is 1. The van der Waals surface area contributed by atoms with Crippen molar-refractivity contribution in [3.8, 4) is 5.82 Å². The van der Waals surface area contributed by atoms with Crippen LogP contribution in [0.4, 0.5) is 21.6 Å². The maximum atomic E-state index is 13.6. The van der Waals surface area contributed by atoms with E-state index in [-0.39, 0.29) is 41.5 Å². The fraction of sp³-hybridized carbons (Fsp3) is 0.476. The number of halogens is 1. The van der Waals surface area contributed by atoms with Crippen LogP contribution in [-0.4, -0.2) is 119 Å². The molecule has 19 heteroatoms. The molecule has 8 N–H and O–H groups in total. The van der Waals surface area contributed by atoms with Crippen molar-refractivity contribution in [1.82, 2.24) is 49.9 Å². The first-order chi connectivity index (χ1) is 29.5. The Labute approximate surface area is 351 Å². The van der Waals surface area contributed by atoms with Crippen LogP contribution in [0.3, 0.4) is 0 Å². The van der Waals surface area contributed by atoms with Gasteiger partial charge in [0.15, 0.2) is 17.2 Å². The van der Waals surface area contributed by atoms with Crippen molar-refractivity contribution in [3.05, 3.63) is 94.1 Å². The number of nitrogens with one attached hydrogen (secondary N) is 5. The summed E-state index contributed by atoms with van der Waals surface area (Å²) in [6.07, 6.45) is 13.1. The fourth-order valence-corrected chi connectivity index (χ4v) is 8.49. The number of hydrogen-bond donors (Lipinski definition) is 8. The minimum absolute atomic E-state index is 0.122. The van der Waals surface area contributed by atoms with E-state index in [1.807, 2.05) is 22.9 Å². The number of fused-ring (bicyclic) bond motifs is 1. The van der Waals surface area contributed by atoms with E-state index >= 15 is 0 Å². The summed E-state index contributed by atoms with van der Waals surface area (Å²) in [7, 11) is 3.59. The molecule has 4 aliphatic rings. The van der Waals surface area contributed by atoms with Gasteiger partial charge in [-0.1, -0.05) is 31.8 Å². The summed E-state index contributed by atoms with van der Waals surface area (Å²) >= 11 is 0. The normalized spacial score (nSPS) is 24.5. The van der Waals surface area contributed by atoms with Crippen LogP contribution < -0.4 is 32.1 Å². The van der Waals surface area contributed by atoms with Crippen LogP contribution in [0.1, 0.15) is 85.1 Å². The van der Waals surface area contributed by atoms with Crippen LogP contribution in [0.25, 0.3) is 11.5 Å². The standard InChI is InChI=1S/C42H53FN12O6/c1-44-29-21-33(51-55-32(23-47-37(29)55)40(59)49-28-20-26(28)43)48-27-12-9-19-53(41(27)60)34-16-14-25(22-46-34)38(57)45-18-7-5-3-4-6-10-24-11-8-13-30-36(24)52(2)42(61)54(30)31-15-17-35(56)50-39(31)58/h8-9,12-14,16,19,21-24,26,28,31,35,39,42,44,50,56,58,61H,3-7,10-11,15,17-18,20H2,1-2H3,(H,45,57)(H,48,51)(H,49,59)/t24?,26?,28-,31?,35?,39?,42?/m1/s1. The summed E-state index contributed by atoms with van der Waals surface area (Å²) in [6, 6.07) is 7.28. The Morgan fingerprint density at radius 3 is 2.56 bits per heavy atom. The zero-order valence-electron chi connectivity index (χ0n) is 34.2. The number of allylic oxidation sites excluding steroid dienone is 3. The molecule has 6 unspecified atom stereocenters. The second-order valence-electron chi connectivity index (χ2n) is 16.1. The highest BCUT2D eigenvalue weighted by Gasteiger charge is 2.45. The van der Waals surface area contributed by atoms with E-state index in [1.54, 1.807) is 43.6 Å². The molecule has 4 aromatic heterocycles. The number of carbonyl (C=O) groups excluding carboxylic acids is 2. The molecule has 0 radical (unpaired) electrons. The summed E-state index contributed by atoms with van der Waals surface area (Å²) in [4.78, 5) is 51.8. The number of aliphatic hydroxyl groups is 3. The molecule has 0 spiro atoms. The Morgan fingerprint density at radius 1 is 1.00 bits per heavy atom. The molecule has 2 amide bonds.